The van der Waals surface area contributed by atoms with Gasteiger partial charge in [0.15, 0.2) is 6.10 Å². The van der Waals surface area contributed by atoms with E-state index in [-0.39, 0.29) is 18.4 Å². The summed E-state index contributed by atoms with van der Waals surface area (Å²) in [5.74, 6) is -0.541. The number of carbonyl (C=O) groups excluding carboxylic acids is 3. The third-order valence-electron chi connectivity index (χ3n) is 5.08. The quantitative estimate of drug-likeness (QED) is 0.684. The maximum absolute atomic E-state index is 12.1. The summed E-state index contributed by atoms with van der Waals surface area (Å²) in [4.78, 5) is 36.0. The fourth-order valence-corrected chi connectivity index (χ4v) is 3.44. The number of para-hydroxylation sites is 1. The van der Waals surface area contributed by atoms with E-state index in [9.17, 15) is 14.4 Å². The van der Waals surface area contributed by atoms with Crippen LogP contribution in [0.1, 0.15) is 56.6 Å². The molecular formula is C21H30N2O4. The van der Waals surface area contributed by atoms with Crippen LogP contribution in [-0.4, -0.2) is 30.4 Å². The molecule has 0 aromatic heterocycles. The molecule has 0 radical (unpaired) electrons. The fourth-order valence-electron chi connectivity index (χ4n) is 3.44. The predicted octanol–water partition coefficient (Wildman–Crippen LogP) is 3.26. The number of hydrogen-bond acceptors (Lipinski definition) is 4. The zero-order valence-electron chi connectivity index (χ0n) is 16.5. The molecule has 1 aromatic carbocycles. The van der Waals surface area contributed by atoms with Gasteiger partial charge >= 0.3 is 5.97 Å². The number of nitrogens with one attached hydrogen (secondary N) is 2. The molecule has 1 fully saturated rings. The number of anilines is 1. The van der Waals surface area contributed by atoms with Gasteiger partial charge in [-0.1, -0.05) is 43.9 Å². The Hall–Kier alpha value is -2.37. The Morgan fingerprint density at radius 1 is 1.15 bits per heavy atom. The van der Waals surface area contributed by atoms with Crippen molar-refractivity contribution in [3.63, 3.8) is 0 Å². The van der Waals surface area contributed by atoms with E-state index in [1.165, 1.54) is 32.6 Å². The Morgan fingerprint density at radius 2 is 1.78 bits per heavy atom. The zero-order valence-corrected chi connectivity index (χ0v) is 16.5. The number of hydrogen-bond donors (Lipinski definition) is 2. The highest BCUT2D eigenvalue weighted by molar-refractivity contribution is 5.96. The summed E-state index contributed by atoms with van der Waals surface area (Å²) < 4.78 is 5.18. The van der Waals surface area contributed by atoms with E-state index in [0.29, 0.717) is 12.3 Å². The monoisotopic (exact) mass is 374 g/mol. The minimum absolute atomic E-state index is 0.170. The summed E-state index contributed by atoms with van der Waals surface area (Å²) in [5, 5.41) is 5.32. The van der Waals surface area contributed by atoms with Crippen molar-refractivity contribution in [3.05, 3.63) is 29.3 Å². The van der Waals surface area contributed by atoms with Crippen molar-refractivity contribution in [2.45, 2.75) is 65.4 Å². The first kappa shape index (κ1) is 20.9. The van der Waals surface area contributed by atoms with Crippen LogP contribution in [0.3, 0.4) is 0 Å². The third kappa shape index (κ3) is 6.70. The molecule has 1 atom stereocenters. The van der Waals surface area contributed by atoms with Crippen LogP contribution in [0, 0.1) is 19.8 Å². The van der Waals surface area contributed by atoms with Crippen molar-refractivity contribution in [2.75, 3.05) is 11.9 Å². The third-order valence-corrected chi connectivity index (χ3v) is 5.08. The SMILES string of the molecule is Cc1cccc(C)c1NC(=O)CNC(=O)[C@H](C)OC(=O)CCC1CCCC1. The summed E-state index contributed by atoms with van der Waals surface area (Å²) in [6.45, 7) is 5.17. The molecule has 0 spiro atoms. The number of carbonyl (C=O) groups is 3. The second-order valence-electron chi connectivity index (χ2n) is 7.35. The number of ether oxygens (including phenoxy) is 1. The molecule has 0 bridgehead atoms. The van der Waals surface area contributed by atoms with Gasteiger partial charge in [-0.3, -0.25) is 14.4 Å². The van der Waals surface area contributed by atoms with Crippen LogP contribution >= 0.6 is 0 Å². The largest absolute Gasteiger partial charge is 0.453 e. The number of aryl methyl sites for hydroxylation is 2. The Bertz CT molecular complexity index is 661. The van der Waals surface area contributed by atoms with Crippen LogP contribution in [0.25, 0.3) is 0 Å². The van der Waals surface area contributed by atoms with E-state index < -0.39 is 12.0 Å². The van der Waals surface area contributed by atoms with Gasteiger partial charge in [-0.05, 0) is 44.2 Å². The molecule has 27 heavy (non-hydrogen) atoms. The fraction of sp³-hybridized carbons (Fsp3) is 0.571. The molecule has 1 aliphatic carbocycles. The van der Waals surface area contributed by atoms with E-state index in [2.05, 4.69) is 10.6 Å². The van der Waals surface area contributed by atoms with Crippen LogP contribution in [0.2, 0.25) is 0 Å². The van der Waals surface area contributed by atoms with Crippen LogP contribution < -0.4 is 10.6 Å². The lowest BCUT2D eigenvalue weighted by Gasteiger charge is -2.15. The molecule has 6 heteroatoms. The van der Waals surface area contributed by atoms with Gasteiger partial charge in [-0.25, -0.2) is 0 Å². The van der Waals surface area contributed by atoms with E-state index in [4.69, 9.17) is 4.74 Å². The minimum Gasteiger partial charge on any atom is -0.453 e. The van der Waals surface area contributed by atoms with E-state index in [0.717, 1.165) is 23.2 Å². The number of benzene rings is 1. The van der Waals surface area contributed by atoms with Crippen molar-refractivity contribution >= 4 is 23.5 Å². The molecule has 6 nitrogen and oxygen atoms in total. The van der Waals surface area contributed by atoms with Crippen molar-refractivity contribution in [2.24, 2.45) is 5.92 Å². The molecule has 2 N–H and O–H groups in total. The number of esters is 1. The lowest BCUT2D eigenvalue weighted by molar-refractivity contribution is -0.155. The zero-order chi connectivity index (χ0) is 19.8. The Labute approximate surface area is 161 Å². The molecule has 1 aromatic rings. The van der Waals surface area contributed by atoms with Crippen LogP contribution in [0.5, 0.6) is 0 Å². The first-order valence-electron chi connectivity index (χ1n) is 9.70. The summed E-state index contributed by atoms with van der Waals surface area (Å²) in [6, 6.07) is 5.74. The molecule has 148 valence electrons. The molecule has 0 heterocycles. The Balaban J connectivity index is 1.70. The second kappa shape index (κ2) is 10.1. The van der Waals surface area contributed by atoms with Gasteiger partial charge in [0.05, 0.1) is 6.54 Å². The molecule has 2 rings (SSSR count). The molecule has 0 saturated heterocycles. The van der Waals surface area contributed by atoms with Gasteiger partial charge in [-0.2, -0.15) is 0 Å². The van der Waals surface area contributed by atoms with Crippen LogP contribution in [-0.2, 0) is 19.1 Å². The van der Waals surface area contributed by atoms with Gasteiger partial charge < -0.3 is 15.4 Å². The van der Waals surface area contributed by atoms with Crippen molar-refractivity contribution in [3.8, 4) is 0 Å². The smallest absolute Gasteiger partial charge is 0.306 e. The highest BCUT2D eigenvalue weighted by atomic mass is 16.5. The molecule has 2 amide bonds. The highest BCUT2D eigenvalue weighted by Crippen LogP contribution is 2.28. The summed E-state index contributed by atoms with van der Waals surface area (Å²) in [7, 11) is 0. The van der Waals surface area contributed by atoms with Crippen molar-refractivity contribution < 1.29 is 19.1 Å². The normalized spacial score (nSPS) is 15.2. The van der Waals surface area contributed by atoms with Gasteiger partial charge in [0.1, 0.15) is 0 Å². The van der Waals surface area contributed by atoms with Crippen LogP contribution in [0.4, 0.5) is 5.69 Å². The highest BCUT2D eigenvalue weighted by Gasteiger charge is 2.21. The van der Waals surface area contributed by atoms with E-state index >= 15 is 0 Å². The van der Waals surface area contributed by atoms with Gasteiger partial charge in [0.25, 0.3) is 5.91 Å². The molecule has 1 saturated carbocycles. The standard InChI is InChI=1S/C21H30N2O4/c1-14-7-6-8-15(2)20(14)23-18(24)13-22-21(26)16(3)27-19(25)12-11-17-9-4-5-10-17/h6-8,16-17H,4-5,9-13H2,1-3H3,(H,22,26)(H,23,24)/t16-/m0/s1. The van der Waals surface area contributed by atoms with Crippen molar-refractivity contribution in [1.82, 2.24) is 5.32 Å². The average molecular weight is 374 g/mol. The first-order valence-corrected chi connectivity index (χ1v) is 9.70. The average Bonchev–Trinajstić information content (AvgIpc) is 3.14. The number of amides is 2. The van der Waals surface area contributed by atoms with Crippen molar-refractivity contribution in [1.29, 1.82) is 0 Å². The summed E-state index contributed by atoms with van der Waals surface area (Å²) in [5.41, 5.74) is 2.67. The second-order valence-corrected chi connectivity index (χ2v) is 7.35. The minimum atomic E-state index is -0.908. The maximum atomic E-state index is 12.1. The van der Waals surface area contributed by atoms with E-state index in [1.807, 2.05) is 32.0 Å². The topological polar surface area (TPSA) is 84.5 Å². The maximum Gasteiger partial charge on any atom is 0.306 e. The Morgan fingerprint density at radius 3 is 2.41 bits per heavy atom. The summed E-state index contributed by atoms with van der Waals surface area (Å²) >= 11 is 0. The Kier molecular flexibility index (Phi) is 7.82. The van der Waals surface area contributed by atoms with Gasteiger partial charge in [0.2, 0.25) is 5.91 Å². The van der Waals surface area contributed by atoms with Crippen LogP contribution in [0.15, 0.2) is 18.2 Å². The lowest BCUT2D eigenvalue weighted by Crippen LogP contribution is -2.40. The molecule has 1 aliphatic rings. The van der Waals surface area contributed by atoms with E-state index in [1.54, 1.807) is 0 Å². The number of rotatable bonds is 8. The molecule has 0 unspecified atom stereocenters. The first-order chi connectivity index (χ1) is 12.9. The summed E-state index contributed by atoms with van der Waals surface area (Å²) in [6.07, 6.45) is 5.10. The molecule has 0 aliphatic heterocycles. The molecular weight excluding hydrogens is 344 g/mol. The lowest BCUT2D eigenvalue weighted by atomic mass is 10.0. The van der Waals surface area contributed by atoms with Gasteiger partial charge in [-0.15, -0.1) is 0 Å². The predicted molar refractivity (Wildman–Crippen MR) is 104 cm³/mol. The van der Waals surface area contributed by atoms with Gasteiger partial charge in [0, 0.05) is 12.1 Å².